The molecule has 0 radical (unpaired) electrons. The number of rotatable bonds is 8. The molecule has 1 heterocycles. The van der Waals surface area contributed by atoms with Crippen LogP contribution in [0.3, 0.4) is 0 Å². The molecule has 0 aliphatic carbocycles. The predicted octanol–water partition coefficient (Wildman–Crippen LogP) is 3.97. The van der Waals surface area contributed by atoms with Crippen molar-refractivity contribution in [2.75, 3.05) is 19.8 Å². The summed E-state index contributed by atoms with van der Waals surface area (Å²) in [5.74, 6) is 0.585. The van der Waals surface area contributed by atoms with Gasteiger partial charge in [0.25, 0.3) is 0 Å². The normalized spacial score (nSPS) is 18.7. The molecule has 1 saturated heterocycles. The van der Waals surface area contributed by atoms with Gasteiger partial charge in [-0.25, -0.2) is 9.18 Å². The Labute approximate surface area is 171 Å². The van der Waals surface area contributed by atoms with Crippen LogP contribution >= 0.6 is 0 Å². The van der Waals surface area contributed by atoms with Crippen molar-refractivity contribution in [1.29, 1.82) is 0 Å². The van der Waals surface area contributed by atoms with Gasteiger partial charge >= 0.3 is 6.09 Å². The standard InChI is InChI=1S/C23H28FNO4/c1-2-28-23(27)25-16-21(26)15-20(25)13-14-29-22-6-4-3-5-18(22)10-7-17-8-11-19(24)12-9-17/h3-6,8-9,11-12,20-21,26H,2,7,10,13-16H2,1H3/t20-,21-/m1/s1. The summed E-state index contributed by atoms with van der Waals surface area (Å²) in [6.07, 6.45) is 1.85. The quantitative estimate of drug-likeness (QED) is 0.727. The van der Waals surface area contributed by atoms with Crippen molar-refractivity contribution in [3.63, 3.8) is 0 Å². The zero-order valence-corrected chi connectivity index (χ0v) is 16.7. The SMILES string of the molecule is CCOC(=O)N1C[C@H](O)C[C@H]1CCOc1ccccc1CCc1ccc(F)cc1. The number of hydrogen-bond donors (Lipinski definition) is 1. The topological polar surface area (TPSA) is 59.0 Å². The molecule has 0 spiro atoms. The van der Waals surface area contributed by atoms with E-state index in [0.29, 0.717) is 32.6 Å². The number of likely N-dealkylation sites (tertiary alicyclic amines) is 1. The monoisotopic (exact) mass is 401 g/mol. The van der Waals surface area contributed by atoms with Gasteiger partial charge in [0.1, 0.15) is 11.6 Å². The Morgan fingerprint density at radius 3 is 2.69 bits per heavy atom. The fourth-order valence-corrected chi connectivity index (χ4v) is 3.68. The number of ether oxygens (including phenoxy) is 2. The predicted molar refractivity (Wildman–Crippen MR) is 109 cm³/mol. The minimum Gasteiger partial charge on any atom is -0.493 e. The summed E-state index contributed by atoms with van der Waals surface area (Å²) in [5, 5.41) is 9.93. The van der Waals surface area contributed by atoms with E-state index in [1.54, 1.807) is 24.0 Å². The molecule has 2 aromatic rings. The molecule has 0 bridgehead atoms. The minimum absolute atomic E-state index is 0.0876. The molecule has 0 unspecified atom stereocenters. The van der Waals surface area contributed by atoms with E-state index in [9.17, 15) is 14.3 Å². The highest BCUT2D eigenvalue weighted by atomic mass is 19.1. The summed E-state index contributed by atoms with van der Waals surface area (Å²) in [7, 11) is 0. The van der Waals surface area contributed by atoms with E-state index >= 15 is 0 Å². The number of hydrogen-bond acceptors (Lipinski definition) is 4. The first-order valence-electron chi connectivity index (χ1n) is 10.1. The Morgan fingerprint density at radius 1 is 1.17 bits per heavy atom. The van der Waals surface area contributed by atoms with E-state index in [-0.39, 0.29) is 18.0 Å². The number of carbonyl (C=O) groups is 1. The fraction of sp³-hybridized carbons (Fsp3) is 0.435. The molecular weight excluding hydrogens is 373 g/mol. The highest BCUT2D eigenvalue weighted by molar-refractivity contribution is 5.68. The van der Waals surface area contributed by atoms with Crippen LogP contribution in [0.5, 0.6) is 5.75 Å². The van der Waals surface area contributed by atoms with Crippen molar-refractivity contribution in [2.45, 2.75) is 44.8 Å². The first-order valence-corrected chi connectivity index (χ1v) is 10.1. The van der Waals surface area contributed by atoms with Gasteiger partial charge in [-0.2, -0.15) is 0 Å². The number of aryl methyl sites for hydroxylation is 2. The number of carbonyl (C=O) groups excluding carboxylic acids is 1. The minimum atomic E-state index is -0.521. The van der Waals surface area contributed by atoms with Crippen molar-refractivity contribution in [1.82, 2.24) is 4.90 Å². The molecule has 6 heteroatoms. The Bertz CT molecular complexity index is 796. The molecule has 2 atom stereocenters. The van der Waals surface area contributed by atoms with Gasteiger partial charge in [-0.05, 0) is 55.5 Å². The van der Waals surface area contributed by atoms with Gasteiger partial charge in [-0.15, -0.1) is 0 Å². The largest absolute Gasteiger partial charge is 0.493 e. The number of amides is 1. The maximum absolute atomic E-state index is 13.1. The zero-order chi connectivity index (χ0) is 20.6. The first kappa shape index (κ1) is 21.1. The summed E-state index contributed by atoms with van der Waals surface area (Å²) < 4.78 is 24.1. The molecule has 1 amide bonds. The summed E-state index contributed by atoms with van der Waals surface area (Å²) in [5.41, 5.74) is 2.16. The molecule has 1 N–H and O–H groups in total. The van der Waals surface area contributed by atoms with Crippen LogP contribution in [0.15, 0.2) is 48.5 Å². The van der Waals surface area contributed by atoms with Crippen LogP contribution in [0.4, 0.5) is 9.18 Å². The summed E-state index contributed by atoms with van der Waals surface area (Å²) in [4.78, 5) is 13.7. The third-order valence-electron chi connectivity index (χ3n) is 5.17. The van der Waals surface area contributed by atoms with E-state index in [4.69, 9.17) is 9.47 Å². The number of halogens is 1. The highest BCUT2D eigenvalue weighted by Crippen LogP contribution is 2.24. The van der Waals surface area contributed by atoms with Crippen molar-refractivity contribution >= 4 is 6.09 Å². The van der Waals surface area contributed by atoms with Crippen molar-refractivity contribution < 1.29 is 23.8 Å². The van der Waals surface area contributed by atoms with Gasteiger partial charge in [-0.3, -0.25) is 0 Å². The first-order chi connectivity index (χ1) is 14.1. The van der Waals surface area contributed by atoms with Gasteiger partial charge in [0, 0.05) is 12.5 Å². The second-order valence-electron chi connectivity index (χ2n) is 7.27. The van der Waals surface area contributed by atoms with Crippen molar-refractivity contribution in [3.05, 3.63) is 65.5 Å². The van der Waals surface area contributed by atoms with Crippen molar-refractivity contribution in [2.24, 2.45) is 0 Å². The average molecular weight is 401 g/mol. The number of nitrogens with zero attached hydrogens (tertiary/aromatic N) is 1. The summed E-state index contributed by atoms with van der Waals surface area (Å²) in [6.45, 7) is 2.83. The Morgan fingerprint density at radius 2 is 1.93 bits per heavy atom. The maximum atomic E-state index is 13.1. The Balaban J connectivity index is 1.54. The third kappa shape index (κ3) is 5.94. The van der Waals surface area contributed by atoms with Gasteiger partial charge < -0.3 is 19.5 Å². The van der Waals surface area contributed by atoms with E-state index in [1.807, 2.05) is 24.3 Å². The number of aliphatic hydroxyl groups is 1. The molecular formula is C23H28FNO4. The van der Waals surface area contributed by atoms with Crippen LogP contribution in [-0.4, -0.2) is 48.0 Å². The van der Waals surface area contributed by atoms with Gasteiger partial charge in [0.05, 0.1) is 25.9 Å². The van der Waals surface area contributed by atoms with E-state index in [2.05, 4.69) is 0 Å². The lowest BCUT2D eigenvalue weighted by Gasteiger charge is -2.23. The summed E-state index contributed by atoms with van der Waals surface area (Å²) in [6, 6.07) is 14.3. The van der Waals surface area contributed by atoms with Crippen molar-refractivity contribution in [3.8, 4) is 5.75 Å². The van der Waals surface area contributed by atoms with Crippen LogP contribution in [0, 0.1) is 5.82 Å². The van der Waals surface area contributed by atoms with Gasteiger partial charge in [0.15, 0.2) is 0 Å². The number of β-amino-alcohol motifs (C(OH)–C–C–N with tert-alkyl or cyclic N) is 1. The van der Waals surface area contributed by atoms with Crippen LogP contribution < -0.4 is 4.74 Å². The molecule has 29 heavy (non-hydrogen) atoms. The second-order valence-corrected chi connectivity index (χ2v) is 7.27. The number of para-hydroxylation sites is 1. The van der Waals surface area contributed by atoms with Crippen LogP contribution in [-0.2, 0) is 17.6 Å². The van der Waals surface area contributed by atoms with Crippen LogP contribution in [0.1, 0.15) is 30.9 Å². The molecule has 5 nitrogen and oxygen atoms in total. The molecule has 0 saturated carbocycles. The average Bonchev–Trinajstić information content (AvgIpc) is 3.09. The lowest BCUT2D eigenvalue weighted by atomic mass is 10.0. The fourth-order valence-electron chi connectivity index (χ4n) is 3.68. The Hall–Kier alpha value is -2.60. The Kier molecular flexibility index (Phi) is 7.47. The highest BCUT2D eigenvalue weighted by Gasteiger charge is 2.34. The molecule has 3 rings (SSSR count). The second kappa shape index (κ2) is 10.3. The van der Waals surface area contributed by atoms with E-state index < -0.39 is 6.10 Å². The molecule has 1 aliphatic rings. The lowest BCUT2D eigenvalue weighted by molar-refractivity contribution is 0.0941. The molecule has 1 aliphatic heterocycles. The van der Waals surface area contributed by atoms with Crippen LogP contribution in [0.25, 0.3) is 0 Å². The third-order valence-corrected chi connectivity index (χ3v) is 5.17. The molecule has 156 valence electrons. The van der Waals surface area contributed by atoms with Gasteiger partial charge in [-0.1, -0.05) is 30.3 Å². The smallest absolute Gasteiger partial charge is 0.410 e. The molecule has 1 fully saturated rings. The number of benzene rings is 2. The maximum Gasteiger partial charge on any atom is 0.410 e. The lowest BCUT2D eigenvalue weighted by Crippen LogP contribution is -2.37. The zero-order valence-electron chi connectivity index (χ0n) is 16.7. The van der Waals surface area contributed by atoms with E-state index in [0.717, 1.165) is 29.7 Å². The van der Waals surface area contributed by atoms with E-state index in [1.165, 1.54) is 12.1 Å². The molecule has 2 aromatic carbocycles. The number of aliphatic hydroxyl groups excluding tert-OH is 1. The summed E-state index contributed by atoms with van der Waals surface area (Å²) >= 11 is 0. The van der Waals surface area contributed by atoms with Gasteiger partial charge in [0.2, 0.25) is 0 Å². The van der Waals surface area contributed by atoms with Crippen LogP contribution in [0.2, 0.25) is 0 Å². The molecule has 0 aromatic heterocycles.